The first-order valence-electron chi connectivity index (χ1n) is 4.94. The Morgan fingerprint density at radius 3 is 2.81 bits per heavy atom. The zero-order valence-electron chi connectivity index (χ0n) is 8.56. The van der Waals surface area contributed by atoms with Crippen LogP contribution in [0.3, 0.4) is 0 Å². The summed E-state index contributed by atoms with van der Waals surface area (Å²) < 4.78 is 0. The number of carbonyl (C=O) groups is 2. The summed E-state index contributed by atoms with van der Waals surface area (Å²) in [7, 11) is 0. The molecule has 0 aromatic heterocycles. The molecule has 0 saturated heterocycles. The molecule has 0 spiro atoms. The van der Waals surface area contributed by atoms with Crippen LogP contribution in [0.5, 0.6) is 0 Å². The van der Waals surface area contributed by atoms with Crippen molar-refractivity contribution in [2.24, 2.45) is 0 Å². The molecule has 2 rings (SSSR count). The van der Waals surface area contributed by atoms with Gasteiger partial charge >= 0.3 is 5.97 Å². The Morgan fingerprint density at radius 2 is 2.12 bits per heavy atom. The molecular formula is C12H11NO3. The number of nitrogens with two attached hydrogens (primary N) is 1. The summed E-state index contributed by atoms with van der Waals surface area (Å²) in [5, 5.41) is 8.63. The summed E-state index contributed by atoms with van der Waals surface area (Å²) >= 11 is 0. The van der Waals surface area contributed by atoms with Gasteiger partial charge in [-0.05, 0) is 36.6 Å². The van der Waals surface area contributed by atoms with E-state index in [4.69, 9.17) is 10.8 Å². The van der Waals surface area contributed by atoms with Crippen molar-refractivity contribution in [1.82, 2.24) is 0 Å². The van der Waals surface area contributed by atoms with Crippen LogP contribution >= 0.6 is 0 Å². The zero-order chi connectivity index (χ0) is 11.7. The second-order valence-electron chi connectivity index (χ2n) is 3.75. The van der Waals surface area contributed by atoms with Gasteiger partial charge in [-0.1, -0.05) is 0 Å². The SMILES string of the molecule is Nc1ccc2c(c1)CC/C(=C\C(=O)O)C2=O. The Kier molecular flexibility index (Phi) is 2.48. The monoisotopic (exact) mass is 217 g/mol. The molecule has 1 aromatic rings. The van der Waals surface area contributed by atoms with Crippen LogP contribution in [0, 0.1) is 0 Å². The summed E-state index contributed by atoms with van der Waals surface area (Å²) in [6.07, 6.45) is 2.11. The maximum absolute atomic E-state index is 11.9. The standard InChI is InChI=1S/C12H11NO3/c13-9-3-4-10-7(5-9)1-2-8(12(10)16)6-11(14)15/h3-6H,1-2,13H2,(H,14,15)/b8-6+. The van der Waals surface area contributed by atoms with Crippen LogP contribution in [0.25, 0.3) is 0 Å². The summed E-state index contributed by atoms with van der Waals surface area (Å²) in [5.41, 5.74) is 8.06. The highest BCUT2D eigenvalue weighted by molar-refractivity contribution is 6.13. The van der Waals surface area contributed by atoms with Crippen molar-refractivity contribution in [2.45, 2.75) is 12.8 Å². The van der Waals surface area contributed by atoms with Crippen molar-refractivity contribution in [3.8, 4) is 0 Å². The number of Topliss-reactive ketones (excluding diaryl/α,β-unsaturated/α-hetero) is 1. The van der Waals surface area contributed by atoms with E-state index in [2.05, 4.69) is 0 Å². The van der Waals surface area contributed by atoms with Gasteiger partial charge in [0.1, 0.15) is 0 Å². The molecule has 1 aliphatic rings. The molecule has 0 bridgehead atoms. The molecule has 1 aromatic carbocycles. The molecular weight excluding hydrogens is 206 g/mol. The van der Waals surface area contributed by atoms with Crippen molar-refractivity contribution in [1.29, 1.82) is 0 Å². The summed E-state index contributed by atoms with van der Waals surface area (Å²) in [6.45, 7) is 0. The number of benzene rings is 1. The zero-order valence-corrected chi connectivity index (χ0v) is 8.56. The van der Waals surface area contributed by atoms with Gasteiger partial charge in [0.05, 0.1) is 0 Å². The molecule has 1 aliphatic carbocycles. The first kappa shape index (κ1) is 10.4. The molecule has 0 unspecified atom stereocenters. The number of carboxylic acids is 1. The highest BCUT2D eigenvalue weighted by Crippen LogP contribution is 2.26. The number of aryl methyl sites for hydroxylation is 1. The minimum absolute atomic E-state index is 0.205. The molecule has 16 heavy (non-hydrogen) atoms. The van der Waals surface area contributed by atoms with Crippen LogP contribution in [0.15, 0.2) is 29.8 Å². The average Bonchev–Trinajstić information content (AvgIpc) is 2.22. The highest BCUT2D eigenvalue weighted by Gasteiger charge is 2.22. The average molecular weight is 217 g/mol. The van der Waals surface area contributed by atoms with E-state index in [0.717, 1.165) is 11.6 Å². The fourth-order valence-corrected chi connectivity index (χ4v) is 1.88. The van der Waals surface area contributed by atoms with E-state index >= 15 is 0 Å². The lowest BCUT2D eigenvalue weighted by atomic mass is 9.86. The van der Waals surface area contributed by atoms with Crippen LogP contribution in [0.2, 0.25) is 0 Å². The van der Waals surface area contributed by atoms with Gasteiger partial charge in [-0.3, -0.25) is 4.79 Å². The maximum Gasteiger partial charge on any atom is 0.328 e. The number of ketones is 1. The third-order valence-electron chi connectivity index (χ3n) is 2.63. The Bertz CT molecular complexity index is 503. The molecule has 0 saturated carbocycles. The predicted molar refractivity (Wildman–Crippen MR) is 59.2 cm³/mol. The van der Waals surface area contributed by atoms with Gasteiger partial charge in [-0.15, -0.1) is 0 Å². The minimum atomic E-state index is -1.08. The van der Waals surface area contributed by atoms with E-state index in [-0.39, 0.29) is 5.78 Å². The molecule has 0 atom stereocenters. The Balaban J connectivity index is 2.44. The van der Waals surface area contributed by atoms with Crippen LogP contribution in [0.4, 0.5) is 5.69 Å². The largest absolute Gasteiger partial charge is 0.478 e. The maximum atomic E-state index is 11.9. The fraction of sp³-hybridized carbons (Fsp3) is 0.167. The Hall–Kier alpha value is -2.10. The van der Waals surface area contributed by atoms with Gasteiger partial charge in [-0.2, -0.15) is 0 Å². The smallest absolute Gasteiger partial charge is 0.328 e. The van der Waals surface area contributed by atoms with Gasteiger partial charge < -0.3 is 10.8 Å². The lowest BCUT2D eigenvalue weighted by Gasteiger charge is -2.17. The highest BCUT2D eigenvalue weighted by atomic mass is 16.4. The molecule has 0 fully saturated rings. The molecule has 0 heterocycles. The molecule has 82 valence electrons. The first-order valence-corrected chi connectivity index (χ1v) is 4.94. The third-order valence-corrected chi connectivity index (χ3v) is 2.63. The Morgan fingerprint density at radius 1 is 1.38 bits per heavy atom. The van der Waals surface area contributed by atoms with Gasteiger partial charge in [0, 0.05) is 22.9 Å². The number of nitrogen functional groups attached to an aromatic ring is 1. The van der Waals surface area contributed by atoms with Crippen LogP contribution in [0.1, 0.15) is 22.3 Å². The second-order valence-corrected chi connectivity index (χ2v) is 3.75. The molecule has 0 radical (unpaired) electrons. The second kappa shape index (κ2) is 3.81. The number of rotatable bonds is 1. The number of anilines is 1. The molecule has 4 nitrogen and oxygen atoms in total. The number of allylic oxidation sites excluding steroid dienone is 1. The quantitative estimate of drug-likeness (QED) is 0.550. The lowest BCUT2D eigenvalue weighted by Crippen LogP contribution is -2.15. The molecule has 4 heteroatoms. The number of carbonyl (C=O) groups excluding carboxylic acids is 1. The van der Waals surface area contributed by atoms with Crippen LogP contribution in [-0.2, 0) is 11.2 Å². The summed E-state index contributed by atoms with van der Waals surface area (Å²) in [6, 6.07) is 5.08. The van der Waals surface area contributed by atoms with Gasteiger partial charge in [0.15, 0.2) is 5.78 Å². The van der Waals surface area contributed by atoms with Crippen LogP contribution in [-0.4, -0.2) is 16.9 Å². The lowest BCUT2D eigenvalue weighted by molar-refractivity contribution is -0.131. The van der Waals surface area contributed by atoms with Crippen molar-refractivity contribution in [3.63, 3.8) is 0 Å². The van der Waals surface area contributed by atoms with E-state index < -0.39 is 5.97 Å². The van der Waals surface area contributed by atoms with Crippen molar-refractivity contribution in [3.05, 3.63) is 41.0 Å². The van der Waals surface area contributed by atoms with E-state index in [0.29, 0.717) is 29.7 Å². The van der Waals surface area contributed by atoms with Gasteiger partial charge in [0.2, 0.25) is 0 Å². The van der Waals surface area contributed by atoms with E-state index in [9.17, 15) is 9.59 Å². The van der Waals surface area contributed by atoms with E-state index in [1.807, 2.05) is 0 Å². The van der Waals surface area contributed by atoms with Crippen molar-refractivity contribution in [2.75, 3.05) is 5.73 Å². The summed E-state index contributed by atoms with van der Waals surface area (Å²) in [5.74, 6) is -1.29. The van der Waals surface area contributed by atoms with Gasteiger partial charge in [0.25, 0.3) is 0 Å². The summed E-state index contributed by atoms with van der Waals surface area (Å²) in [4.78, 5) is 22.4. The third kappa shape index (κ3) is 1.82. The number of carboxylic acid groups (broad SMARTS) is 1. The predicted octanol–water partition coefficient (Wildman–Crippen LogP) is 1.41. The minimum Gasteiger partial charge on any atom is -0.478 e. The van der Waals surface area contributed by atoms with Crippen molar-refractivity contribution < 1.29 is 14.7 Å². The number of hydrogen-bond donors (Lipinski definition) is 2. The number of hydrogen-bond acceptors (Lipinski definition) is 3. The van der Waals surface area contributed by atoms with E-state index in [1.54, 1.807) is 18.2 Å². The number of fused-ring (bicyclic) bond motifs is 1. The number of aliphatic carboxylic acids is 1. The topological polar surface area (TPSA) is 80.4 Å². The molecule has 3 N–H and O–H groups in total. The van der Waals surface area contributed by atoms with E-state index in [1.165, 1.54) is 0 Å². The normalized spacial score (nSPS) is 17.2. The van der Waals surface area contributed by atoms with Gasteiger partial charge in [-0.25, -0.2) is 4.79 Å². The van der Waals surface area contributed by atoms with Crippen LogP contribution < -0.4 is 5.73 Å². The van der Waals surface area contributed by atoms with Crippen molar-refractivity contribution >= 4 is 17.4 Å². The molecule has 0 aliphatic heterocycles. The first-order chi connectivity index (χ1) is 7.58. The fourth-order valence-electron chi connectivity index (χ4n) is 1.88. The molecule has 0 amide bonds. The Labute approximate surface area is 92.4 Å².